The van der Waals surface area contributed by atoms with Crippen LogP contribution >= 0.6 is 11.3 Å². The van der Waals surface area contributed by atoms with Crippen LogP contribution in [0.15, 0.2) is 35.7 Å². The van der Waals surface area contributed by atoms with Crippen LogP contribution in [-0.2, 0) is 4.74 Å². The molecule has 1 aliphatic rings. The van der Waals surface area contributed by atoms with E-state index >= 15 is 0 Å². The van der Waals surface area contributed by atoms with Gasteiger partial charge in [-0.05, 0) is 37.4 Å². The summed E-state index contributed by atoms with van der Waals surface area (Å²) in [5.41, 5.74) is 2.88. The fraction of sp³-hybridized carbons (Fsp3) is 0.421. The van der Waals surface area contributed by atoms with E-state index < -0.39 is 6.10 Å². The van der Waals surface area contributed by atoms with Crippen LogP contribution in [0.25, 0.3) is 0 Å². The maximum absolute atomic E-state index is 13.0. The minimum atomic E-state index is -0.564. The highest BCUT2D eigenvalue weighted by Gasteiger charge is 2.30. The molecule has 2 heterocycles. The summed E-state index contributed by atoms with van der Waals surface area (Å²) in [6.07, 6.45) is -0.0666. The summed E-state index contributed by atoms with van der Waals surface area (Å²) in [5.74, 6) is 0.0217. The van der Waals surface area contributed by atoms with Gasteiger partial charge in [-0.15, -0.1) is 11.3 Å². The summed E-state index contributed by atoms with van der Waals surface area (Å²) >= 11 is 1.54. The smallest absolute Gasteiger partial charge is 0.254 e. The van der Waals surface area contributed by atoms with Crippen LogP contribution in [0, 0.1) is 13.8 Å². The number of amides is 1. The molecule has 2 aromatic rings. The molecule has 1 aromatic heterocycles. The second-order valence-electron chi connectivity index (χ2n) is 6.37. The van der Waals surface area contributed by atoms with Gasteiger partial charge in [0.1, 0.15) is 0 Å². The van der Waals surface area contributed by atoms with Gasteiger partial charge in [-0.1, -0.05) is 23.3 Å². The first-order valence-corrected chi connectivity index (χ1v) is 9.11. The van der Waals surface area contributed by atoms with Gasteiger partial charge in [0.15, 0.2) is 0 Å². The quantitative estimate of drug-likeness (QED) is 0.925. The molecule has 128 valence electrons. The Morgan fingerprint density at radius 2 is 2.12 bits per heavy atom. The average Bonchev–Trinajstić information content (AvgIpc) is 3.08. The lowest BCUT2D eigenvalue weighted by Gasteiger charge is -2.36. The fourth-order valence-electron chi connectivity index (χ4n) is 3.24. The first-order chi connectivity index (χ1) is 11.5. The van der Waals surface area contributed by atoms with Gasteiger partial charge in [0, 0.05) is 23.4 Å². The zero-order valence-electron chi connectivity index (χ0n) is 14.1. The molecule has 1 aliphatic heterocycles. The maximum Gasteiger partial charge on any atom is 0.254 e. The van der Waals surface area contributed by atoms with Crippen LogP contribution in [0.2, 0.25) is 0 Å². The largest absolute Gasteiger partial charge is 0.387 e. The summed E-state index contributed by atoms with van der Waals surface area (Å²) in [4.78, 5) is 15.8. The Morgan fingerprint density at radius 3 is 2.79 bits per heavy atom. The highest BCUT2D eigenvalue weighted by Crippen LogP contribution is 2.27. The van der Waals surface area contributed by atoms with Gasteiger partial charge in [-0.3, -0.25) is 4.79 Å². The van der Waals surface area contributed by atoms with Crippen LogP contribution in [0.4, 0.5) is 0 Å². The minimum Gasteiger partial charge on any atom is -0.387 e. The van der Waals surface area contributed by atoms with E-state index in [1.54, 1.807) is 0 Å². The van der Waals surface area contributed by atoms with Crippen molar-refractivity contribution in [2.45, 2.75) is 32.4 Å². The number of nitrogens with zero attached hydrogens (tertiary/aromatic N) is 1. The molecule has 1 fully saturated rings. The Balaban J connectivity index is 1.77. The molecule has 1 amide bonds. The molecule has 0 unspecified atom stereocenters. The van der Waals surface area contributed by atoms with Crippen molar-refractivity contribution in [2.24, 2.45) is 0 Å². The Kier molecular flexibility index (Phi) is 5.33. The number of aliphatic hydroxyl groups excluding tert-OH is 1. The first-order valence-electron chi connectivity index (χ1n) is 8.23. The van der Waals surface area contributed by atoms with E-state index in [-0.39, 0.29) is 11.9 Å². The zero-order chi connectivity index (χ0) is 17.1. The summed E-state index contributed by atoms with van der Waals surface area (Å²) < 4.78 is 5.56. The summed E-state index contributed by atoms with van der Waals surface area (Å²) in [6.45, 7) is 5.58. The van der Waals surface area contributed by atoms with Gasteiger partial charge in [-0.2, -0.15) is 0 Å². The van der Waals surface area contributed by atoms with Gasteiger partial charge in [0.2, 0.25) is 0 Å². The molecule has 1 N–H and O–H groups in total. The standard InChI is InChI=1S/C19H23NO3S/c1-13-8-14(2)10-15(9-13)19(22)20-5-6-23-12-16(20)11-17(21)18-4-3-7-24-18/h3-4,7-10,16-17,21H,5-6,11-12H2,1-2H3/t16-,17+/m0/s1. The minimum absolute atomic E-state index is 0.0217. The highest BCUT2D eigenvalue weighted by molar-refractivity contribution is 7.10. The molecule has 3 rings (SSSR count). The molecule has 2 atom stereocenters. The molecule has 0 radical (unpaired) electrons. The van der Waals surface area contributed by atoms with Gasteiger partial charge in [0.05, 0.1) is 25.4 Å². The second-order valence-corrected chi connectivity index (χ2v) is 7.35. The second kappa shape index (κ2) is 7.47. The van der Waals surface area contributed by atoms with Crippen molar-refractivity contribution < 1.29 is 14.6 Å². The number of benzene rings is 1. The van der Waals surface area contributed by atoms with E-state index in [1.807, 2.05) is 48.4 Å². The number of hydrogen-bond donors (Lipinski definition) is 1. The highest BCUT2D eigenvalue weighted by atomic mass is 32.1. The maximum atomic E-state index is 13.0. The SMILES string of the molecule is Cc1cc(C)cc(C(=O)N2CCOC[C@@H]2C[C@@H](O)c2cccs2)c1. The molecule has 1 aromatic carbocycles. The Hall–Kier alpha value is -1.69. The van der Waals surface area contributed by atoms with E-state index in [0.717, 1.165) is 16.0 Å². The summed E-state index contributed by atoms with van der Waals surface area (Å²) in [5, 5.41) is 12.4. The molecule has 0 spiro atoms. The third-order valence-corrected chi connectivity index (χ3v) is 5.30. The third-order valence-electron chi connectivity index (χ3n) is 4.32. The van der Waals surface area contributed by atoms with Gasteiger partial charge in [-0.25, -0.2) is 0 Å². The number of aryl methyl sites for hydroxylation is 2. The summed E-state index contributed by atoms with van der Waals surface area (Å²) in [7, 11) is 0. The number of rotatable bonds is 4. The van der Waals surface area contributed by atoms with Crippen LogP contribution in [0.1, 0.15) is 38.9 Å². The third kappa shape index (κ3) is 3.86. The number of morpholine rings is 1. The molecule has 0 bridgehead atoms. The predicted octanol–water partition coefficient (Wildman–Crippen LogP) is 3.33. The van der Waals surface area contributed by atoms with Crippen molar-refractivity contribution in [1.29, 1.82) is 0 Å². The van der Waals surface area contributed by atoms with Gasteiger partial charge >= 0.3 is 0 Å². The van der Waals surface area contributed by atoms with E-state index in [9.17, 15) is 9.90 Å². The summed E-state index contributed by atoms with van der Waals surface area (Å²) in [6, 6.07) is 9.67. The number of carbonyl (C=O) groups excluding carboxylic acids is 1. The predicted molar refractivity (Wildman–Crippen MR) is 95.5 cm³/mol. The molecule has 5 heteroatoms. The number of ether oxygens (including phenoxy) is 1. The van der Waals surface area contributed by atoms with Crippen molar-refractivity contribution in [3.05, 3.63) is 57.3 Å². The van der Waals surface area contributed by atoms with Crippen molar-refractivity contribution >= 4 is 17.2 Å². The monoisotopic (exact) mass is 345 g/mol. The molecule has 0 aliphatic carbocycles. The van der Waals surface area contributed by atoms with Crippen LogP contribution in [-0.4, -0.2) is 41.7 Å². The molecular formula is C19H23NO3S. The van der Waals surface area contributed by atoms with E-state index in [4.69, 9.17) is 4.74 Å². The van der Waals surface area contributed by atoms with Crippen LogP contribution < -0.4 is 0 Å². The van der Waals surface area contributed by atoms with Crippen LogP contribution in [0.5, 0.6) is 0 Å². The van der Waals surface area contributed by atoms with Crippen LogP contribution in [0.3, 0.4) is 0 Å². The van der Waals surface area contributed by atoms with Crippen molar-refractivity contribution in [2.75, 3.05) is 19.8 Å². The first kappa shape index (κ1) is 17.1. The lowest BCUT2D eigenvalue weighted by Crippen LogP contribution is -2.49. The number of thiophene rings is 1. The normalized spacial score (nSPS) is 19.3. The van der Waals surface area contributed by atoms with Gasteiger partial charge < -0.3 is 14.7 Å². The lowest BCUT2D eigenvalue weighted by atomic mass is 10.0. The Morgan fingerprint density at radius 1 is 1.38 bits per heavy atom. The van der Waals surface area contributed by atoms with E-state index in [0.29, 0.717) is 31.7 Å². The van der Waals surface area contributed by atoms with Crippen molar-refractivity contribution in [3.8, 4) is 0 Å². The average molecular weight is 345 g/mol. The molecule has 4 nitrogen and oxygen atoms in total. The molecular weight excluding hydrogens is 322 g/mol. The number of aliphatic hydroxyl groups is 1. The van der Waals surface area contributed by atoms with Crippen molar-refractivity contribution in [3.63, 3.8) is 0 Å². The number of carbonyl (C=O) groups is 1. The number of hydrogen-bond acceptors (Lipinski definition) is 4. The van der Waals surface area contributed by atoms with Gasteiger partial charge in [0.25, 0.3) is 5.91 Å². The molecule has 1 saturated heterocycles. The van der Waals surface area contributed by atoms with E-state index in [2.05, 4.69) is 6.07 Å². The fourth-order valence-corrected chi connectivity index (χ4v) is 3.96. The lowest BCUT2D eigenvalue weighted by molar-refractivity contribution is -0.0170. The zero-order valence-corrected chi connectivity index (χ0v) is 14.9. The van der Waals surface area contributed by atoms with E-state index in [1.165, 1.54) is 11.3 Å². The Bertz CT molecular complexity index is 678. The molecule has 24 heavy (non-hydrogen) atoms. The molecule has 0 saturated carbocycles. The van der Waals surface area contributed by atoms with Crippen molar-refractivity contribution in [1.82, 2.24) is 4.90 Å². The Labute approximate surface area is 146 Å². The topological polar surface area (TPSA) is 49.8 Å².